The topological polar surface area (TPSA) is 3.24 Å². The molecular formula is C54H43N. The summed E-state index contributed by atoms with van der Waals surface area (Å²) in [5.74, 6) is 0. The van der Waals surface area contributed by atoms with Gasteiger partial charge in [0.1, 0.15) is 0 Å². The standard InChI is InChI=1S/C54H43N/c1-53(2)48-23-15-14-22-45(48)47-34-41(29-33-49(47)53)55(40-26-24-37(25-27-40)36-16-8-5-9-17-36)42-28-30-46-50(35-42)54(3,4)52-44(39-20-12-7-13-21-39)32-31-43(51(46)52)38-18-10-6-11-19-38/h5-35H,1-4H3. The Bertz CT molecular complexity index is 2720. The van der Waals surface area contributed by atoms with Crippen LogP contribution in [0.5, 0.6) is 0 Å². The summed E-state index contributed by atoms with van der Waals surface area (Å²) < 4.78 is 0. The zero-order chi connectivity index (χ0) is 37.3. The van der Waals surface area contributed by atoms with E-state index >= 15 is 0 Å². The van der Waals surface area contributed by atoms with E-state index in [1.54, 1.807) is 0 Å². The van der Waals surface area contributed by atoms with Gasteiger partial charge in [0.25, 0.3) is 0 Å². The van der Waals surface area contributed by atoms with Crippen LogP contribution in [0, 0.1) is 0 Å². The van der Waals surface area contributed by atoms with E-state index in [4.69, 9.17) is 0 Å². The van der Waals surface area contributed by atoms with Crippen LogP contribution in [0.15, 0.2) is 188 Å². The Morgan fingerprint density at radius 3 is 1.49 bits per heavy atom. The Labute approximate surface area is 325 Å². The summed E-state index contributed by atoms with van der Waals surface area (Å²) in [6.07, 6.45) is 0. The molecule has 0 saturated heterocycles. The number of hydrogen-bond donors (Lipinski definition) is 0. The molecule has 8 aromatic rings. The van der Waals surface area contributed by atoms with E-state index < -0.39 is 0 Å². The summed E-state index contributed by atoms with van der Waals surface area (Å²) in [6, 6.07) is 69.4. The lowest BCUT2D eigenvalue weighted by atomic mass is 9.78. The average molecular weight is 706 g/mol. The predicted molar refractivity (Wildman–Crippen MR) is 233 cm³/mol. The van der Waals surface area contributed by atoms with Crippen LogP contribution in [0.2, 0.25) is 0 Å². The Kier molecular flexibility index (Phi) is 7.58. The molecule has 0 unspecified atom stereocenters. The highest BCUT2D eigenvalue weighted by Crippen LogP contribution is 2.57. The van der Waals surface area contributed by atoms with Crippen LogP contribution >= 0.6 is 0 Å². The molecule has 264 valence electrons. The van der Waals surface area contributed by atoms with Gasteiger partial charge in [0.2, 0.25) is 0 Å². The molecule has 0 radical (unpaired) electrons. The lowest BCUT2D eigenvalue weighted by Crippen LogP contribution is -2.18. The van der Waals surface area contributed by atoms with Crippen molar-refractivity contribution in [1.29, 1.82) is 0 Å². The smallest absolute Gasteiger partial charge is 0.0468 e. The molecule has 0 saturated carbocycles. The molecule has 1 heteroatoms. The summed E-state index contributed by atoms with van der Waals surface area (Å²) in [5, 5.41) is 0. The van der Waals surface area contributed by atoms with Crippen molar-refractivity contribution >= 4 is 17.1 Å². The van der Waals surface area contributed by atoms with Crippen LogP contribution in [-0.4, -0.2) is 0 Å². The van der Waals surface area contributed by atoms with Crippen molar-refractivity contribution in [1.82, 2.24) is 0 Å². The zero-order valence-electron chi connectivity index (χ0n) is 31.8. The van der Waals surface area contributed by atoms with Crippen LogP contribution in [0.1, 0.15) is 49.9 Å². The quantitative estimate of drug-likeness (QED) is 0.166. The van der Waals surface area contributed by atoms with Crippen molar-refractivity contribution < 1.29 is 0 Å². The Hall–Kier alpha value is -6.44. The summed E-state index contributed by atoms with van der Waals surface area (Å²) in [7, 11) is 0. The monoisotopic (exact) mass is 705 g/mol. The first kappa shape index (κ1) is 33.2. The largest absolute Gasteiger partial charge is 0.310 e. The van der Waals surface area contributed by atoms with Gasteiger partial charge in [0.15, 0.2) is 0 Å². The molecule has 55 heavy (non-hydrogen) atoms. The van der Waals surface area contributed by atoms with Crippen molar-refractivity contribution in [3.8, 4) is 55.6 Å². The van der Waals surface area contributed by atoms with E-state index in [0.29, 0.717) is 0 Å². The summed E-state index contributed by atoms with van der Waals surface area (Å²) in [4.78, 5) is 2.46. The fourth-order valence-corrected chi connectivity index (χ4v) is 9.52. The first-order chi connectivity index (χ1) is 26.8. The fourth-order valence-electron chi connectivity index (χ4n) is 9.52. The fraction of sp³-hybridized carbons (Fsp3) is 0.111. The maximum Gasteiger partial charge on any atom is 0.0468 e. The van der Waals surface area contributed by atoms with Gasteiger partial charge < -0.3 is 4.90 Å². The van der Waals surface area contributed by atoms with Crippen LogP contribution in [0.25, 0.3) is 55.6 Å². The number of hydrogen-bond acceptors (Lipinski definition) is 1. The maximum atomic E-state index is 2.47. The van der Waals surface area contributed by atoms with Crippen molar-refractivity contribution in [2.24, 2.45) is 0 Å². The van der Waals surface area contributed by atoms with E-state index in [9.17, 15) is 0 Å². The van der Waals surface area contributed by atoms with E-state index in [-0.39, 0.29) is 10.8 Å². The molecule has 0 spiro atoms. The molecule has 0 aliphatic heterocycles. The number of anilines is 3. The SMILES string of the molecule is CC1(C)c2ccccc2-c2cc(N(c3ccc(-c4ccccc4)cc3)c3ccc4c(c3)C(C)(C)c3c(-c5ccccc5)ccc(-c5ccccc5)c3-4)ccc21. The van der Waals surface area contributed by atoms with Gasteiger partial charge in [-0.2, -0.15) is 0 Å². The Morgan fingerprint density at radius 2 is 0.800 bits per heavy atom. The van der Waals surface area contributed by atoms with Crippen molar-refractivity contribution in [3.63, 3.8) is 0 Å². The highest BCUT2D eigenvalue weighted by molar-refractivity contribution is 5.98. The molecule has 8 aromatic carbocycles. The van der Waals surface area contributed by atoms with E-state index in [1.807, 2.05) is 0 Å². The maximum absolute atomic E-state index is 2.47. The van der Waals surface area contributed by atoms with E-state index in [1.165, 1.54) is 77.9 Å². The van der Waals surface area contributed by atoms with Gasteiger partial charge in [-0.15, -0.1) is 0 Å². The van der Waals surface area contributed by atoms with Crippen molar-refractivity contribution in [2.75, 3.05) is 4.90 Å². The third-order valence-corrected chi connectivity index (χ3v) is 12.3. The normalized spacial score (nSPS) is 14.1. The molecule has 0 amide bonds. The molecular weight excluding hydrogens is 663 g/mol. The highest BCUT2D eigenvalue weighted by atomic mass is 15.1. The molecule has 2 aliphatic carbocycles. The van der Waals surface area contributed by atoms with Gasteiger partial charge >= 0.3 is 0 Å². The van der Waals surface area contributed by atoms with Gasteiger partial charge in [-0.3, -0.25) is 0 Å². The van der Waals surface area contributed by atoms with Crippen LogP contribution in [-0.2, 0) is 10.8 Å². The van der Waals surface area contributed by atoms with Crippen LogP contribution in [0.3, 0.4) is 0 Å². The second-order valence-corrected chi connectivity index (χ2v) is 16.1. The Balaban J connectivity index is 1.17. The van der Waals surface area contributed by atoms with Gasteiger partial charge in [0, 0.05) is 27.9 Å². The molecule has 0 N–H and O–H groups in total. The van der Waals surface area contributed by atoms with Gasteiger partial charge in [-0.1, -0.05) is 179 Å². The summed E-state index contributed by atoms with van der Waals surface area (Å²) in [6.45, 7) is 9.53. The molecule has 0 fully saturated rings. The first-order valence-corrected chi connectivity index (χ1v) is 19.4. The molecule has 10 rings (SSSR count). The molecule has 0 heterocycles. The average Bonchev–Trinajstić information content (AvgIpc) is 3.61. The van der Waals surface area contributed by atoms with Gasteiger partial charge in [0.05, 0.1) is 0 Å². The predicted octanol–water partition coefficient (Wildman–Crippen LogP) is 14.8. The highest BCUT2D eigenvalue weighted by Gasteiger charge is 2.40. The van der Waals surface area contributed by atoms with Crippen molar-refractivity contribution in [2.45, 2.75) is 38.5 Å². The van der Waals surface area contributed by atoms with Gasteiger partial charge in [-0.25, -0.2) is 0 Å². The summed E-state index contributed by atoms with van der Waals surface area (Å²) in [5.41, 5.74) is 21.4. The second-order valence-electron chi connectivity index (χ2n) is 16.1. The number of benzene rings is 8. The molecule has 0 atom stereocenters. The second kappa shape index (κ2) is 12.6. The van der Waals surface area contributed by atoms with Crippen LogP contribution < -0.4 is 4.90 Å². The lowest BCUT2D eigenvalue weighted by molar-refractivity contribution is 0.660. The van der Waals surface area contributed by atoms with Crippen molar-refractivity contribution in [3.05, 3.63) is 210 Å². The van der Waals surface area contributed by atoms with E-state index in [0.717, 1.165) is 17.1 Å². The van der Waals surface area contributed by atoms with E-state index in [2.05, 4.69) is 221 Å². The minimum absolute atomic E-state index is 0.0527. The number of rotatable bonds is 6. The lowest BCUT2D eigenvalue weighted by Gasteiger charge is -2.29. The summed E-state index contributed by atoms with van der Waals surface area (Å²) >= 11 is 0. The third-order valence-electron chi connectivity index (χ3n) is 12.3. The number of nitrogens with zero attached hydrogens (tertiary/aromatic N) is 1. The third kappa shape index (κ3) is 5.22. The Morgan fingerprint density at radius 1 is 0.309 bits per heavy atom. The number of fused-ring (bicyclic) bond motifs is 6. The molecule has 0 bridgehead atoms. The van der Waals surface area contributed by atoms with Crippen LogP contribution in [0.4, 0.5) is 17.1 Å². The molecule has 0 aromatic heterocycles. The first-order valence-electron chi connectivity index (χ1n) is 19.4. The molecule has 2 aliphatic rings. The minimum atomic E-state index is -0.250. The minimum Gasteiger partial charge on any atom is -0.310 e. The zero-order valence-corrected chi connectivity index (χ0v) is 31.8. The van der Waals surface area contributed by atoms with Gasteiger partial charge in [-0.05, 0) is 114 Å². The molecule has 1 nitrogen and oxygen atoms in total.